The van der Waals surface area contributed by atoms with E-state index in [1.165, 1.54) is 35.0 Å². The number of para-hydroxylation sites is 1. The van der Waals surface area contributed by atoms with Crippen LogP contribution in [0.3, 0.4) is 0 Å². The molecule has 1 aliphatic rings. The monoisotopic (exact) mass is 342 g/mol. The molecule has 0 saturated carbocycles. The minimum Gasteiger partial charge on any atom is -0.366 e. The van der Waals surface area contributed by atoms with Crippen molar-refractivity contribution in [1.82, 2.24) is 14.3 Å². The molecule has 5 nitrogen and oxygen atoms in total. The molecule has 1 aliphatic heterocycles. The van der Waals surface area contributed by atoms with Gasteiger partial charge >= 0.3 is 0 Å². The number of aromatic nitrogens is 2. The number of rotatable bonds is 2. The van der Waals surface area contributed by atoms with Crippen LogP contribution in [0.15, 0.2) is 48.8 Å². The minimum atomic E-state index is -0.387. The van der Waals surface area contributed by atoms with Gasteiger partial charge in [0.25, 0.3) is 5.91 Å². The van der Waals surface area contributed by atoms with Crippen molar-refractivity contribution in [2.24, 2.45) is 0 Å². The molecule has 1 fully saturated rings. The first-order chi connectivity index (χ1) is 12.1. The predicted octanol–water partition coefficient (Wildman–Crippen LogP) is 2.57. The molecule has 0 unspecified atom stereocenters. The second kappa shape index (κ2) is 6.16. The Hall–Kier alpha value is -2.96. The van der Waals surface area contributed by atoms with E-state index < -0.39 is 0 Å². The topological polar surface area (TPSA) is 40.9 Å². The molecule has 25 heavy (non-hydrogen) atoms. The Balaban J connectivity index is 1.48. The zero-order chi connectivity index (χ0) is 17.4. The summed E-state index contributed by atoms with van der Waals surface area (Å²) in [6.07, 6.45) is 2.82. The molecule has 3 aromatic rings. The Morgan fingerprint density at radius 2 is 1.72 bits per heavy atom. The number of hydrogen-bond donors (Lipinski definition) is 0. The van der Waals surface area contributed by atoms with E-state index in [9.17, 15) is 13.6 Å². The smallest absolute Gasteiger partial charge is 0.274 e. The average molecular weight is 342 g/mol. The first-order valence-corrected chi connectivity index (χ1v) is 8.05. The number of carbonyl (C=O) groups excluding carboxylic acids is 1. The predicted molar refractivity (Wildman–Crippen MR) is 89.7 cm³/mol. The third-order valence-electron chi connectivity index (χ3n) is 4.39. The van der Waals surface area contributed by atoms with E-state index in [1.807, 2.05) is 4.90 Å². The van der Waals surface area contributed by atoms with Gasteiger partial charge in [-0.25, -0.2) is 13.8 Å². The lowest BCUT2D eigenvalue weighted by molar-refractivity contribution is 0.0741. The molecule has 0 atom stereocenters. The van der Waals surface area contributed by atoms with Crippen LogP contribution >= 0.6 is 0 Å². The zero-order valence-electron chi connectivity index (χ0n) is 13.4. The van der Waals surface area contributed by atoms with Gasteiger partial charge in [-0.15, -0.1) is 0 Å². The van der Waals surface area contributed by atoms with Gasteiger partial charge in [0.1, 0.15) is 23.0 Å². The van der Waals surface area contributed by atoms with Crippen LogP contribution in [0.4, 0.5) is 14.5 Å². The molecule has 0 aliphatic carbocycles. The highest BCUT2D eigenvalue weighted by Gasteiger charge is 2.25. The van der Waals surface area contributed by atoms with Crippen LogP contribution in [0.1, 0.15) is 10.5 Å². The minimum absolute atomic E-state index is 0.197. The lowest BCUT2D eigenvalue weighted by atomic mass is 10.2. The summed E-state index contributed by atoms with van der Waals surface area (Å²) in [4.78, 5) is 20.5. The van der Waals surface area contributed by atoms with Gasteiger partial charge < -0.3 is 14.2 Å². The van der Waals surface area contributed by atoms with Crippen molar-refractivity contribution in [3.05, 3.63) is 66.1 Å². The van der Waals surface area contributed by atoms with Gasteiger partial charge in [0.2, 0.25) is 0 Å². The molecular formula is C18H16F2N4O. The molecule has 0 radical (unpaired) electrons. The van der Waals surface area contributed by atoms with Crippen molar-refractivity contribution in [3.63, 3.8) is 0 Å². The average Bonchev–Trinajstić information content (AvgIpc) is 3.05. The fourth-order valence-electron chi connectivity index (χ4n) is 3.09. The van der Waals surface area contributed by atoms with E-state index in [4.69, 9.17) is 0 Å². The maximum atomic E-state index is 13.9. The van der Waals surface area contributed by atoms with Gasteiger partial charge in [0, 0.05) is 38.6 Å². The molecule has 128 valence electrons. The summed E-state index contributed by atoms with van der Waals surface area (Å²) in [6, 6.07) is 9.47. The Morgan fingerprint density at radius 3 is 2.48 bits per heavy atom. The normalized spacial score (nSPS) is 15.0. The summed E-state index contributed by atoms with van der Waals surface area (Å²) < 4.78 is 28.6. The molecule has 1 saturated heterocycles. The van der Waals surface area contributed by atoms with Gasteiger partial charge in [-0.05, 0) is 24.3 Å². The third-order valence-corrected chi connectivity index (χ3v) is 4.39. The molecule has 7 heteroatoms. The van der Waals surface area contributed by atoms with Crippen LogP contribution in [0.2, 0.25) is 0 Å². The molecule has 0 spiro atoms. The summed E-state index contributed by atoms with van der Waals surface area (Å²) >= 11 is 0. The standard InChI is InChI=1S/C18H16F2N4O/c19-13-5-6-17-21-15(12-24(17)11-13)18(25)23-9-7-22(8-10-23)16-4-2-1-3-14(16)20/h1-6,11-12H,7-10H2. The quantitative estimate of drug-likeness (QED) is 0.719. The summed E-state index contributed by atoms with van der Waals surface area (Å²) in [7, 11) is 0. The number of piperazine rings is 1. The van der Waals surface area contributed by atoms with Crippen molar-refractivity contribution < 1.29 is 13.6 Å². The van der Waals surface area contributed by atoms with Crippen molar-refractivity contribution in [1.29, 1.82) is 0 Å². The molecule has 4 rings (SSSR count). The van der Waals surface area contributed by atoms with Gasteiger partial charge in [0.05, 0.1) is 5.69 Å². The van der Waals surface area contributed by atoms with E-state index in [2.05, 4.69) is 4.98 Å². The molecule has 3 heterocycles. The summed E-state index contributed by atoms with van der Waals surface area (Å²) in [5, 5.41) is 0. The second-order valence-electron chi connectivity index (χ2n) is 5.97. The number of pyridine rings is 1. The van der Waals surface area contributed by atoms with Crippen molar-refractivity contribution in [2.45, 2.75) is 0 Å². The van der Waals surface area contributed by atoms with Gasteiger partial charge in [-0.1, -0.05) is 12.1 Å². The van der Waals surface area contributed by atoms with Gasteiger partial charge in [-0.3, -0.25) is 4.79 Å². The number of halogens is 2. The lowest BCUT2D eigenvalue weighted by Crippen LogP contribution is -2.49. The fourth-order valence-corrected chi connectivity index (χ4v) is 3.09. The largest absolute Gasteiger partial charge is 0.366 e. The maximum absolute atomic E-state index is 13.9. The number of hydrogen-bond acceptors (Lipinski definition) is 3. The van der Waals surface area contributed by atoms with Gasteiger partial charge in [0.15, 0.2) is 0 Å². The number of imidazole rings is 1. The number of fused-ring (bicyclic) bond motifs is 1. The number of anilines is 1. The molecule has 0 bridgehead atoms. The van der Waals surface area contributed by atoms with Crippen LogP contribution in [0, 0.1) is 11.6 Å². The lowest BCUT2D eigenvalue weighted by Gasteiger charge is -2.35. The summed E-state index contributed by atoms with van der Waals surface area (Å²) in [5.74, 6) is -0.843. The second-order valence-corrected chi connectivity index (χ2v) is 5.97. The van der Waals surface area contributed by atoms with E-state index in [0.29, 0.717) is 37.5 Å². The number of nitrogens with zero attached hydrogens (tertiary/aromatic N) is 4. The number of benzene rings is 1. The molecule has 2 aromatic heterocycles. The molecule has 0 N–H and O–H groups in total. The number of carbonyl (C=O) groups is 1. The van der Waals surface area contributed by atoms with Crippen LogP contribution in [-0.4, -0.2) is 46.4 Å². The van der Waals surface area contributed by atoms with Crippen molar-refractivity contribution >= 4 is 17.2 Å². The highest BCUT2D eigenvalue weighted by Crippen LogP contribution is 2.20. The van der Waals surface area contributed by atoms with E-state index in [-0.39, 0.29) is 23.2 Å². The van der Waals surface area contributed by atoms with E-state index in [0.717, 1.165) is 0 Å². The number of amides is 1. The van der Waals surface area contributed by atoms with E-state index in [1.54, 1.807) is 23.1 Å². The Bertz CT molecular complexity index is 932. The van der Waals surface area contributed by atoms with Gasteiger partial charge in [-0.2, -0.15) is 0 Å². The SMILES string of the molecule is O=C(c1cn2cc(F)ccc2n1)N1CCN(c2ccccc2F)CC1. The zero-order valence-corrected chi connectivity index (χ0v) is 13.4. The van der Waals surface area contributed by atoms with Crippen LogP contribution in [0.25, 0.3) is 5.65 Å². The highest BCUT2D eigenvalue weighted by molar-refractivity contribution is 5.93. The molecule has 1 amide bonds. The van der Waals surface area contributed by atoms with Crippen molar-refractivity contribution in [2.75, 3.05) is 31.1 Å². The summed E-state index contributed by atoms with van der Waals surface area (Å²) in [6.45, 7) is 2.06. The molecule has 1 aromatic carbocycles. The van der Waals surface area contributed by atoms with Crippen LogP contribution in [0.5, 0.6) is 0 Å². The Morgan fingerprint density at radius 1 is 0.960 bits per heavy atom. The Labute approximate surface area is 143 Å². The molecular weight excluding hydrogens is 326 g/mol. The first kappa shape index (κ1) is 15.6. The maximum Gasteiger partial charge on any atom is 0.274 e. The van der Waals surface area contributed by atoms with Crippen LogP contribution < -0.4 is 4.90 Å². The fraction of sp³-hybridized carbons (Fsp3) is 0.222. The van der Waals surface area contributed by atoms with Crippen molar-refractivity contribution in [3.8, 4) is 0 Å². The Kier molecular flexibility index (Phi) is 3.83. The van der Waals surface area contributed by atoms with E-state index >= 15 is 0 Å². The third kappa shape index (κ3) is 2.93. The van der Waals surface area contributed by atoms with Crippen LogP contribution in [-0.2, 0) is 0 Å². The summed E-state index contributed by atoms with van der Waals surface area (Å²) in [5.41, 5.74) is 1.36. The first-order valence-electron chi connectivity index (χ1n) is 8.05. The highest BCUT2D eigenvalue weighted by atomic mass is 19.1.